The number of fused-ring (bicyclic) bond motifs is 1. The Morgan fingerprint density at radius 3 is 2.80 bits per heavy atom. The Labute approximate surface area is 181 Å². The molecule has 1 aliphatic carbocycles. The number of aromatic nitrogens is 5. The fraction of sp³-hybridized carbons (Fsp3) is 0.182. The number of carbonyl (C=O) groups excluding carboxylic acids is 1. The fourth-order valence-corrected chi connectivity index (χ4v) is 4.19. The predicted molar refractivity (Wildman–Crippen MR) is 117 cm³/mol. The molecule has 0 fully saturated rings. The summed E-state index contributed by atoms with van der Waals surface area (Å²) in [5, 5.41) is 7.65. The predicted octanol–water partition coefficient (Wildman–Crippen LogP) is 4.35. The molecule has 3 aromatic heterocycles. The van der Waals surface area contributed by atoms with E-state index in [0.717, 1.165) is 52.9 Å². The van der Waals surface area contributed by atoms with Crippen molar-refractivity contribution in [1.82, 2.24) is 24.3 Å². The van der Waals surface area contributed by atoms with Crippen LogP contribution in [0.2, 0.25) is 0 Å². The molecular weight excluding hydrogens is 444 g/mol. The lowest BCUT2D eigenvalue weighted by Crippen LogP contribution is -2.16. The van der Waals surface area contributed by atoms with Gasteiger partial charge in [-0.1, -0.05) is 22.0 Å². The maximum atomic E-state index is 13.1. The van der Waals surface area contributed by atoms with E-state index in [1.54, 1.807) is 18.7 Å². The third-order valence-electron chi connectivity index (χ3n) is 5.22. The molecule has 0 bridgehead atoms. The summed E-state index contributed by atoms with van der Waals surface area (Å²) in [6, 6.07) is 11.7. The van der Waals surface area contributed by atoms with Gasteiger partial charge in [-0.2, -0.15) is 5.10 Å². The maximum Gasteiger partial charge on any atom is 0.276 e. The van der Waals surface area contributed by atoms with Gasteiger partial charge in [-0.15, -0.1) is 0 Å². The second-order valence-corrected chi connectivity index (χ2v) is 8.12. The highest BCUT2D eigenvalue weighted by Gasteiger charge is 2.25. The van der Waals surface area contributed by atoms with Crippen LogP contribution >= 0.6 is 15.9 Å². The average Bonchev–Trinajstić information content (AvgIpc) is 3.43. The van der Waals surface area contributed by atoms with Crippen LogP contribution in [0.4, 0.5) is 5.69 Å². The van der Waals surface area contributed by atoms with Gasteiger partial charge >= 0.3 is 0 Å². The zero-order valence-electron chi connectivity index (χ0n) is 16.1. The zero-order chi connectivity index (χ0) is 20.5. The number of rotatable bonds is 4. The fourth-order valence-electron chi connectivity index (χ4n) is 3.80. The summed E-state index contributed by atoms with van der Waals surface area (Å²) in [7, 11) is 0. The minimum absolute atomic E-state index is 0.209. The van der Waals surface area contributed by atoms with E-state index in [0.29, 0.717) is 11.4 Å². The second kappa shape index (κ2) is 7.87. The largest absolute Gasteiger partial charge is 0.319 e. The van der Waals surface area contributed by atoms with Crippen molar-refractivity contribution in [2.75, 3.05) is 5.32 Å². The number of amides is 1. The van der Waals surface area contributed by atoms with Crippen molar-refractivity contribution in [2.24, 2.45) is 0 Å². The van der Waals surface area contributed by atoms with Gasteiger partial charge in [0.05, 0.1) is 17.6 Å². The van der Waals surface area contributed by atoms with E-state index in [1.807, 2.05) is 51.8 Å². The van der Waals surface area contributed by atoms with E-state index in [2.05, 4.69) is 31.2 Å². The van der Waals surface area contributed by atoms with Gasteiger partial charge in [-0.25, -0.2) is 14.6 Å². The standard InChI is InChI=1S/C22H19BrN6O/c23-15-4-3-5-17(12-15)29-19-7-2-1-6-18(19)21(27-29)22(30)26-16-8-9-20(25-13-16)28-11-10-24-14-28/h3-5,8-14H,1-2,6-7H2,(H,26,30). The van der Waals surface area contributed by atoms with Crippen LogP contribution in [0.3, 0.4) is 0 Å². The van der Waals surface area contributed by atoms with Crippen LogP contribution in [0.5, 0.6) is 0 Å². The van der Waals surface area contributed by atoms with Crippen molar-refractivity contribution in [1.29, 1.82) is 0 Å². The third kappa shape index (κ3) is 3.54. The first kappa shape index (κ1) is 18.7. The van der Waals surface area contributed by atoms with Crippen molar-refractivity contribution in [3.8, 4) is 11.5 Å². The topological polar surface area (TPSA) is 77.6 Å². The molecular formula is C22H19BrN6O. The van der Waals surface area contributed by atoms with Crippen molar-refractivity contribution < 1.29 is 4.79 Å². The molecule has 8 heteroatoms. The van der Waals surface area contributed by atoms with Crippen LogP contribution in [-0.2, 0) is 12.8 Å². The van der Waals surface area contributed by atoms with E-state index in [9.17, 15) is 4.79 Å². The lowest BCUT2D eigenvalue weighted by molar-refractivity contribution is 0.102. The van der Waals surface area contributed by atoms with Gasteiger partial charge in [-0.3, -0.25) is 9.36 Å². The molecule has 0 saturated heterocycles. The zero-order valence-corrected chi connectivity index (χ0v) is 17.7. The number of benzene rings is 1. The van der Waals surface area contributed by atoms with Crippen molar-refractivity contribution >= 4 is 27.5 Å². The summed E-state index contributed by atoms with van der Waals surface area (Å²) in [5.41, 5.74) is 4.24. The molecule has 5 rings (SSSR count). The Bertz CT molecular complexity index is 1200. The smallest absolute Gasteiger partial charge is 0.276 e. The first-order valence-electron chi connectivity index (χ1n) is 9.81. The van der Waals surface area contributed by atoms with Crippen molar-refractivity contribution in [3.63, 3.8) is 0 Å². The van der Waals surface area contributed by atoms with Gasteiger partial charge in [0.15, 0.2) is 5.69 Å². The number of imidazole rings is 1. The molecule has 3 heterocycles. The quantitative estimate of drug-likeness (QED) is 0.488. The van der Waals surface area contributed by atoms with Crippen LogP contribution in [0, 0.1) is 0 Å². The molecule has 0 saturated carbocycles. The van der Waals surface area contributed by atoms with E-state index in [1.165, 1.54) is 0 Å². The van der Waals surface area contributed by atoms with Gasteiger partial charge < -0.3 is 5.32 Å². The molecule has 7 nitrogen and oxygen atoms in total. The van der Waals surface area contributed by atoms with Gasteiger partial charge in [-0.05, 0) is 56.0 Å². The summed E-state index contributed by atoms with van der Waals surface area (Å²) < 4.78 is 4.70. The molecule has 150 valence electrons. The highest BCUT2D eigenvalue weighted by Crippen LogP contribution is 2.28. The van der Waals surface area contributed by atoms with Crippen LogP contribution in [0.1, 0.15) is 34.6 Å². The van der Waals surface area contributed by atoms with Gasteiger partial charge in [0, 0.05) is 28.1 Å². The molecule has 1 amide bonds. The van der Waals surface area contributed by atoms with E-state index in [4.69, 9.17) is 5.10 Å². The Morgan fingerprint density at radius 1 is 1.13 bits per heavy atom. The van der Waals surface area contributed by atoms with Crippen molar-refractivity contribution in [3.05, 3.63) is 82.7 Å². The summed E-state index contributed by atoms with van der Waals surface area (Å²) in [4.78, 5) is 21.5. The number of pyridine rings is 1. The van der Waals surface area contributed by atoms with Crippen LogP contribution in [0.15, 0.2) is 65.8 Å². The Balaban J connectivity index is 1.44. The van der Waals surface area contributed by atoms with Gasteiger partial charge in [0.1, 0.15) is 12.1 Å². The number of halogens is 1. The Morgan fingerprint density at radius 2 is 2.03 bits per heavy atom. The summed E-state index contributed by atoms with van der Waals surface area (Å²) in [5.74, 6) is 0.529. The Hall–Kier alpha value is -3.26. The highest BCUT2D eigenvalue weighted by atomic mass is 79.9. The van der Waals surface area contributed by atoms with Crippen LogP contribution in [0.25, 0.3) is 11.5 Å². The number of nitrogens with zero attached hydrogens (tertiary/aromatic N) is 5. The highest BCUT2D eigenvalue weighted by molar-refractivity contribution is 9.10. The molecule has 0 atom stereocenters. The number of nitrogens with one attached hydrogen (secondary N) is 1. The lowest BCUT2D eigenvalue weighted by Gasteiger charge is -2.14. The minimum atomic E-state index is -0.209. The number of carbonyl (C=O) groups is 1. The van der Waals surface area contributed by atoms with Crippen LogP contribution < -0.4 is 5.32 Å². The molecule has 1 aromatic carbocycles. The van der Waals surface area contributed by atoms with Crippen LogP contribution in [-0.4, -0.2) is 30.2 Å². The van der Waals surface area contributed by atoms with E-state index < -0.39 is 0 Å². The first-order valence-corrected chi connectivity index (χ1v) is 10.6. The monoisotopic (exact) mass is 462 g/mol. The SMILES string of the molecule is O=C(Nc1ccc(-n2ccnc2)nc1)c1nn(-c2cccc(Br)c2)c2c1CCCC2. The average molecular weight is 463 g/mol. The van der Waals surface area contributed by atoms with E-state index >= 15 is 0 Å². The molecule has 4 aromatic rings. The van der Waals surface area contributed by atoms with Gasteiger partial charge in [0.2, 0.25) is 0 Å². The molecule has 0 radical (unpaired) electrons. The molecule has 30 heavy (non-hydrogen) atoms. The normalized spacial score (nSPS) is 13.1. The van der Waals surface area contributed by atoms with E-state index in [-0.39, 0.29) is 5.91 Å². The molecule has 0 unspecified atom stereocenters. The maximum absolute atomic E-state index is 13.1. The summed E-state index contributed by atoms with van der Waals surface area (Å²) in [6.45, 7) is 0. The van der Waals surface area contributed by atoms with Crippen molar-refractivity contribution in [2.45, 2.75) is 25.7 Å². The molecule has 0 aliphatic heterocycles. The number of anilines is 1. The molecule has 0 spiro atoms. The third-order valence-corrected chi connectivity index (χ3v) is 5.72. The lowest BCUT2D eigenvalue weighted by atomic mass is 9.95. The summed E-state index contributed by atoms with van der Waals surface area (Å²) >= 11 is 3.52. The summed E-state index contributed by atoms with van der Waals surface area (Å²) in [6.07, 6.45) is 10.8. The molecule has 1 N–H and O–H groups in total. The Kier molecular flexibility index (Phi) is 4.92. The van der Waals surface area contributed by atoms with Gasteiger partial charge in [0.25, 0.3) is 5.91 Å². The molecule has 1 aliphatic rings. The minimum Gasteiger partial charge on any atom is -0.319 e. The number of hydrogen-bond acceptors (Lipinski definition) is 4. The second-order valence-electron chi connectivity index (χ2n) is 7.20. The number of hydrogen-bond donors (Lipinski definition) is 1. The first-order chi connectivity index (χ1) is 14.7.